The molecule has 0 radical (unpaired) electrons. The molecule has 0 aliphatic rings. The van der Waals surface area contributed by atoms with E-state index in [1.807, 2.05) is 57.3 Å². The fraction of sp³-hybridized carbons (Fsp3) is 0.238. The predicted octanol–water partition coefficient (Wildman–Crippen LogP) is -0.362. The van der Waals surface area contributed by atoms with Gasteiger partial charge in [0, 0.05) is 32.4 Å². The fourth-order valence-electron chi connectivity index (χ4n) is 2.18. The van der Waals surface area contributed by atoms with Crippen molar-refractivity contribution in [1.82, 2.24) is 9.97 Å². The van der Waals surface area contributed by atoms with Crippen molar-refractivity contribution < 1.29 is 53.4 Å². The Balaban J connectivity index is 0. The van der Waals surface area contributed by atoms with Crippen molar-refractivity contribution in [3.8, 4) is 12.1 Å². The number of ether oxygens (including phenoxy) is 1. The van der Waals surface area contributed by atoms with Gasteiger partial charge in [-0.1, -0.05) is 0 Å². The summed E-state index contributed by atoms with van der Waals surface area (Å²) in [4.78, 5) is 51.9. The summed E-state index contributed by atoms with van der Waals surface area (Å²) in [5.41, 5.74) is 0.536. The summed E-state index contributed by atoms with van der Waals surface area (Å²) in [7, 11) is 1.26. The maximum Gasteiger partial charge on any atom is 1.00 e. The van der Waals surface area contributed by atoms with E-state index in [0.717, 1.165) is 7.14 Å². The Morgan fingerprint density at radius 3 is 1.65 bits per heavy atom. The number of anilines is 2. The van der Waals surface area contributed by atoms with Crippen LogP contribution in [0.15, 0.2) is 24.5 Å². The van der Waals surface area contributed by atoms with Crippen LogP contribution < -0.4 is 29.5 Å². The van der Waals surface area contributed by atoms with Gasteiger partial charge in [0.25, 0.3) is 0 Å². The molecule has 0 unspecified atom stereocenters. The molecular formula is C21H19I2LiN6O7. The molecule has 2 rings (SSSR count). The quantitative estimate of drug-likeness (QED) is 0.181. The molecular weight excluding hydrogens is 709 g/mol. The van der Waals surface area contributed by atoms with E-state index in [2.05, 4.69) is 25.3 Å². The standard InChI is InChI=1S/C11H10IN3O3.C10H8IN3O3.Li.H2O/c1-18-10(17)3-2-9(16)15-11-7(5-13)4-8(12)6-14-11;11-7-3-6(4-12)10(13-5-7)14-8(15)1-2-9(16)17;;/h4,6H,2-3H2,1H3,(H,14,15,16);3,5H,1-2H2,(H,16,17)(H,13,14,15);;1H2/q;;+1;/p-1. The minimum atomic E-state index is -1.05. The van der Waals surface area contributed by atoms with Gasteiger partial charge in [-0.25, -0.2) is 9.97 Å². The molecule has 4 N–H and O–H groups in total. The van der Waals surface area contributed by atoms with E-state index in [1.165, 1.54) is 19.5 Å². The number of carboxylic acid groups (broad SMARTS) is 1. The van der Waals surface area contributed by atoms with Crippen molar-refractivity contribution in [3.63, 3.8) is 0 Å². The number of halogens is 2. The second-order valence-electron chi connectivity index (χ2n) is 6.39. The molecule has 0 aromatic carbocycles. The Labute approximate surface area is 251 Å². The molecule has 2 aromatic rings. The zero-order valence-corrected chi connectivity index (χ0v) is 23.9. The number of pyridine rings is 2. The number of aliphatic carboxylic acids is 1. The first-order chi connectivity index (χ1) is 16.6. The van der Waals surface area contributed by atoms with Gasteiger partial charge < -0.3 is 26.0 Å². The van der Waals surface area contributed by atoms with Crippen LogP contribution in [0.2, 0.25) is 0 Å². The van der Waals surface area contributed by atoms with Crippen LogP contribution in [0.5, 0.6) is 0 Å². The molecule has 0 spiro atoms. The number of carbonyl (C=O) groups is 4. The number of nitrogens with zero attached hydrogens (tertiary/aromatic N) is 4. The van der Waals surface area contributed by atoms with Crippen LogP contribution in [0.4, 0.5) is 11.6 Å². The largest absolute Gasteiger partial charge is 1.00 e. The van der Waals surface area contributed by atoms with Gasteiger partial charge >= 0.3 is 30.8 Å². The average Bonchev–Trinajstić information content (AvgIpc) is 2.83. The molecule has 16 heteroatoms. The Kier molecular flexibility index (Phi) is 19.0. The molecule has 0 fully saturated rings. The van der Waals surface area contributed by atoms with Crippen LogP contribution in [0.25, 0.3) is 0 Å². The summed E-state index contributed by atoms with van der Waals surface area (Å²) < 4.78 is 6.01. The number of methoxy groups -OCH3 is 1. The Morgan fingerprint density at radius 2 is 1.30 bits per heavy atom. The fourth-order valence-corrected chi connectivity index (χ4v) is 3.08. The summed E-state index contributed by atoms with van der Waals surface area (Å²) in [5.74, 6) is -2.00. The first kappa shape index (κ1) is 36.3. The predicted molar refractivity (Wildman–Crippen MR) is 141 cm³/mol. The minimum absolute atomic E-state index is 0. The van der Waals surface area contributed by atoms with E-state index in [0.29, 0.717) is 0 Å². The first-order valence-corrected chi connectivity index (χ1v) is 11.7. The Morgan fingerprint density at radius 1 is 0.892 bits per heavy atom. The zero-order chi connectivity index (χ0) is 26.4. The molecule has 0 aliphatic carbocycles. The van der Waals surface area contributed by atoms with Crippen LogP contribution in [-0.4, -0.2) is 51.4 Å². The van der Waals surface area contributed by atoms with Crippen LogP contribution >= 0.6 is 45.2 Å². The molecule has 0 saturated carbocycles. The van der Waals surface area contributed by atoms with Crippen LogP contribution in [0.1, 0.15) is 36.8 Å². The van der Waals surface area contributed by atoms with Gasteiger partial charge in [0.1, 0.15) is 12.1 Å². The van der Waals surface area contributed by atoms with Crippen molar-refractivity contribution >= 4 is 80.6 Å². The molecule has 0 bridgehead atoms. The normalized spacial score (nSPS) is 8.89. The number of hydrogen-bond donors (Lipinski definition) is 3. The van der Waals surface area contributed by atoms with Crippen LogP contribution in [0, 0.1) is 29.8 Å². The molecule has 2 heterocycles. The van der Waals surface area contributed by atoms with Gasteiger partial charge in [-0.2, -0.15) is 10.5 Å². The van der Waals surface area contributed by atoms with Crippen molar-refractivity contribution in [2.24, 2.45) is 0 Å². The average molecular weight is 728 g/mol. The number of esters is 1. The number of nitrogens with one attached hydrogen (secondary N) is 2. The SMILES string of the molecule is COC(=O)CCC(=O)Nc1ncc(I)cc1C#N.N#Cc1cc(I)cnc1NC(=O)CCC(=O)O.[Li+].[OH-]. The first-order valence-electron chi connectivity index (χ1n) is 9.59. The third kappa shape index (κ3) is 14.5. The van der Waals surface area contributed by atoms with Gasteiger partial charge in [0.05, 0.1) is 31.1 Å². The summed E-state index contributed by atoms with van der Waals surface area (Å²) in [6, 6.07) is 7.05. The number of aromatic nitrogens is 2. The number of amides is 2. The smallest absolute Gasteiger partial charge is 0.870 e. The second-order valence-corrected chi connectivity index (χ2v) is 8.88. The molecule has 13 nitrogen and oxygen atoms in total. The van der Waals surface area contributed by atoms with Gasteiger partial charge in [-0.3, -0.25) is 19.2 Å². The minimum Gasteiger partial charge on any atom is -0.870 e. The number of carboxylic acids is 1. The summed E-state index contributed by atoms with van der Waals surface area (Å²) in [5, 5.41) is 31.0. The van der Waals surface area contributed by atoms with Crippen LogP contribution in [0.3, 0.4) is 0 Å². The monoisotopic (exact) mass is 728 g/mol. The Bertz CT molecular complexity index is 1200. The molecule has 190 valence electrons. The van der Waals surface area contributed by atoms with E-state index in [-0.39, 0.29) is 78.7 Å². The van der Waals surface area contributed by atoms with E-state index in [4.69, 9.17) is 15.6 Å². The maximum atomic E-state index is 11.5. The maximum absolute atomic E-state index is 11.5. The number of rotatable bonds is 8. The Hall–Kier alpha value is -2.82. The molecule has 0 aliphatic heterocycles. The molecule has 0 atom stereocenters. The molecule has 0 saturated heterocycles. The third-order valence-electron chi connectivity index (χ3n) is 3.81. The molecule has 2 aromatic heterocycles. The van der Waals surface area contributed by atoms with Gasteiger partial charge in [-0.15, -0.1) is 0 Å². The van der Waals surface area contributed by atoms with Crippen molar-refractivity contribution in [1.29, 1.82) is 10.5 Å². The van der Waals surface area contributed by atoms with Gasteiger partial charge in [0.2, 0.25) is 11.8 Å². The van der Waals surface area contributed by atoms with E-state index in [9.17, 15) is 19.2 Å². The summed E-state index contributed by atoms with van der Waals surface area (Å²) in [6.07, 6.45) is 2.64. The van der Waals surface area contributed by atoms with Crippen LogP contribution in [-0.2, 0) is 23.9 Å². The third-order valence-corrected chi connectivity index (χ3v) is 4.99. The van der Waals surface area contributed by atoms with E-state index < -0.39 is 17.8 Å². The van der Waals surface area contributed by atoms with E-state index >= 15 is 0 Å². The molecule has 2 amide bonds. The number of carbonyl (C=O) groups excluding carboxylic acids is 3. The number of hydrogen-bond acceptors (Lipinski definition) is 10. The van der Waals surface area contributed by atoms with Crippen molar-refractivity contribution in [2.45, 2.75) is 25.7 Å². The van der Waals surface area contributed by atoms with Crippen molar-refractivity contribution in [3.05, 3.63) is 42.8 Å². The second kappa shape index (κ2) is 19.3. The molecule has 37 heavy (non-hydrogen) atoms. The van der Waals surface area contributed by atoms with E-state index in [1.54, 1.807) is 12.1 Å². The van der Waals surface area contributed by atoms with Gasteiger partial charge in [-0.05, 0) is 57.3 Å². The van der Waals surface area contributed by atoms with Crippen molar-refractivity contribution in [2.75, 3.05) is 17.7 Å². The summed E-state index contributed by atoms with van der Waals surface area (Å²) in [6.45, 7) is 0. The zero-order valence-electron chi connectivity index (χ0n) is 19.6. The number of nitriles is 2. The van der Waals surface area contributed by atoms with Gasteiger partial charge in [0.15, 0.2) is 11.6 Å². The topological polar surface area (TPSA) is 225 Å². The summed E-state index contributed by atoms with van der Waals surface area (Å²) >= 11 is 4.02.